The van der Waals surface area contributed by atoms with Crippen molar-refractivity contribution in [2.75, 3.05) is 12.3 Å². The molecule has 1 aromatic carbocycles. The first-order valence-corrected chi connectivity index (χ1v) is 7.11. The summed E-state index contributed by atoms with van der Waals surface area (Å²) in [5.74, 6) is 0. The van der Waals surface area contributed by atoms with Crippen LogP contribution in [0.4, 0.5) is 24.5 Å². The molecule has 1 aromatic rings. The third kappa shape index (κ3) is 5.19. The van der Waals surface area contributed by atoms with Crippen molar-refractivity contribution in [3.8, 4) is 0 Å². The Kier molecular flexibility index (Phi) is 5.12. The zero-order chi connectivity index (χ0) is 16.3. The summed E-state index contributed by atoms with van der Waals surface area (Å²) in [5, 5.41) is 10.7. The third-order valence-electron chi connectivity index (χ3n) is 2.44. The van der Waals surface area contributed by atoms with Crippen LogP contribution in [0.25, 0.3) is 0 Å². The van der Waals surface area contributed by atoms with Crippen LogP contribution in [0.15, 0.2) is 23.1 Å². The first kappa shape index (κ1) is 17.2. The van der Waals surface area contributed by atoms with Crippen molar-refractivity contribution in [3.05, 3.63) is 28.3 Å². The van der Waals surface area contributed by atoms with Gasteiger partial charge in [0, 0.05) is 19.0 Å². The largest absolute Gasteiger partial charge is 0.393 e. The summed E-state index contributed by atoms with van der Waals surface area (Å²) in [6, 6.07) is 2.83. The second-order valence-electron chi connectivity index (χ2n) is 4.09. The van der Waals surface area contributed by atoms with Gasteiger partial charge in [0.15, 0.2) is 0 Å². The van der Waals surface area contributed by atoms with E-state index < -0.39 is 51.1 Å². The molecule has 0 aliphatic heterocycles. The van der Waals surface area contributed by atoms with Gasteiger partial charge in [0.25, 0.3) is 5.69 Å². The monoisotopic (exact) mass is 327 g/mol. The predicted molar refractivity (Wildman–Crippen MR) is 68.0 cm³/mol. The van der Waals surface area contributed by atoms with E-state index in [1.54, 1.807) is 0 Å². The molecule has 0 amide bonds. The minimum Gasteiger partial charge on any atom is -0.393 e. The Balaban J connectivity index is 2.79. The molecular formula is C10H12F3N3O4S. The lowest BCUT2D eigenvalue weighted by atomic mass is 10.3. The quantitative estimate of drug-likeness (QED) is 0.358. The zero-order valence-electron chi connectivity index (χ0n) is 10.6. The molecule has 0 saturated heterocycles. The summed E-state index contributed by atoms with van der Waals surface area (Å²) in [6.45, 7) is -0.431. The Hall–Kier alpha value is -1.88. The van der Waals surface area contributed by atoms with Crippen LogP contribution in [-0.4, -0.2) is 26.1 Å². The predicted octanol–water partition coefficient (Wildman–Crippen LogP) is 1.80. The highest BCUT2D eigenvalue weighted by Gasteiger charge is 2.26. The molecule has 0 spiro atoms. The Labute approximate surface area is 118 Å². The standard InChI is InChI=1S/C10H12F3N3O4S/c11-10(12,13)4-1-5-15-21(19,20)7-2-3-8(14)9(6-7)16(17)18/h2-3,6,15H,1,4-5,14H2. The van der Waals surface area contributed by atoms with E-state index in [2.05, 4.69) is 0 Å². The number of hydrogen-bond acceptors (Lipinski definition) is 5. The summed E-state index contributed by atoms with van der Waals surface area (Å²) in [5.41, 5.74) is 4.52. The maximum atomic E-state index is 11.9. The molecule has 0 atom stereocenters. The van der Waals surface area contributed by atoms with E-state index in [4.69, 9.17) is 5.73 Å². The number of rotatable bonds is 6. The van der Waals surface area contributed by atoms with E-state index >= 15 is 0 Å². The topological polar surface area (TPSA) is 115 Å². The van der Waals surface area contributed by atoms with Crippen molar-refractivity contribution in [1.29, 1.82) is 0 Å². The summed E-state index contributed by atoms with van der Waals surface area (Å²) in [6.07, 6.45) is -5.93. The van der Waals surface area contributed by atoms with Crippen molar-refractivity contribution in [3.63, 3.8) is 0 Å². The molecule has 0 aliphatic rings. The Morgan fingerprint density at radius 3 is 2.48 bits per heavy atom. The van der Waals surface area contributed by atoms with Crippen molar-refractivity contribution in [1.82, 2.24) is 4.72 Å². The van der Waals surface area contributed by atoms with Gasteiger partial charge in [0.1, 0.15) is 5.69 Å². The zero-order valence-corrected chi connectivity index (χ0v) is 11.4. The Bertz CT molecular complexity index is 631. The Morgan fingerprint density at radius 1 is 1.33 bits per heavy atom. The van der Waals surface area contributed by atoms with Crippen LogP contribution in [-0.2, 0) is 10.0 Å². The number of nitrogens with one attached hydrogen (secondary N) is 1. The van der Waals surface area contributed by atoms with Gasteiger partial charge in [-0.15, -0.1) is 0 Å². The maximum absolute atomic E-state index is 11.9. The number of anilines is 1. The number of alkyl halides is 3. The van der Waals surface area contributed by atoms with Crippen molar-refractivity contribution < 1.29 is 26.5 Å². The normalized spacial score (nSPS) is 12.3. The molecule has 118 valence electrons. The summed E-state index contributed by atoms with van der Waals surface area (Å²) >= 11 is 0. The highest BCUT2D eigenvalue weighted by atomic mass is 32.2. The number of sulfonamides is 1. The van der Waals surface area contributed by atoms with Crippen LogP contribution in [0.2, 0.25) is 0 Å². The molecule has 0 aromatic heterocycles. The third-order valence-corrected chi connectivity index (χ3v) is 3.90. The van der Waals surface area contributed by atoms with Gasteiger partial charge in [-0.3, -0.25) is 10.1 Å². The molecule has 0 aliphatic carbocycles. The molecule has 0 heterocycles. The van der Waals surface area contributed by atoms with Crippen LogP contribution in [0, 0.1) is 10.1 Å². The first-order chi connectivity index (χ1) is 9.53. The van der Waals surface area contributed by atoms with Crippen LogP contribution in [0.3, 0.4) is 0 Å². The smallest absolute Gasteiger partial charge is 0.389 e. The average molecular weight is 327 g/mol. The van der Waals surface area contributed by atoms with E-state index in [0.717, 1.165) is 18.2 Å². The van der Waals surface area contributed by atoms with Gasteiger partial charge < -0.3 is 5.73 Å². The summed E-state index contributed by atoms with van der Waals surface area (Å²) in [7, 11) is -4.13. The van der Waals surface area contributed by atoms with Gasteiger partial charge in [-0.1, -0.05) is 0 Å². The lowest BCUT2D eigenvalue weighted by Crippen LogP contribution is -2.26. The van der Waals surface area contributed by atoms with E-state index in [1.165, 1.54) is 0 Å². The Morgan fingerprint density at radius 2 is 1.95 bits per heavy atom. The van der Waals surface area contributed by atoms with Crippen LogP contribution >= 0.6 is 0 Å². The van der Waals surface area contributed by atoms with Gasteiger partial charge in [0.05, 0.1) is 9.82 Å². The number of nitrogens with zero attached hydrogens (tertiary/aromatic N) is 1. The number of halogens is 3. The molecule has 0 fully saturated rings. The van der Waals surface area contributed by atoms with Gasteiger partial charge in [0.2, 0.25) is 10.0 Å². The number of benzene rings is 1. The molecule has 0 unspecified atom stereocenters. The fraction of sp³-hybridized carbons (Fsp3) is 0.400. The van der Waals surface area contributed by atoms with Crippen molar-refractivity contribution in [2.45, 2.75) is 23.9 Å². The average Bonchev–Trinajstić information content (AvgIpc) is 2.33. The summed E-state index contributed by atoms with van der Waals surface area (Å²) < 4.78 is 61.3. The van der Waals surface area contributed by atoms with Crippen LogP contribution < -0.4 is 10.5 Å². The molecule has 0 bridgehead atoms. The van der Waals surface area contributed by atoms with Crippen molar-refractivity contribution >= 4 is 21.4 Å². The van der Waals surface area contributed by atoms with Gasteiger partial charge in [-0.2, -0.15) is 13.2 Å². The number of hydrogen-bond donors (Lipinski definition) is 2. The minimum absolute atomic E-state index is 0.212. The van der Waals surface area contributed by atoms with E-state index in [9.17, 15) is 31.7 Å². The molecule has 11 heteroatoms. The van der Waals surface area contributed by atoms with E-state index in [-0.39, 0.29) is 5.69 Å². The van der Waals surface area contributed by atoms with Gasteiger partial charge in [-0.05, 0) is 18.6 Å². The SMILES string of the molecule is Nc1ccc(S(=O)(=O)NCCCC(F)(F)F)cc1[N+](=O)[O-]. The highest BCUT2D eigenvalue weighted by molar-refractivity contribution is 7.89. The van der Waals surface area contributed by atoms with Crippen LogP contribution in [0.1, 0.15) is 12.8 Å². The molecule has 0 radical (unpaired) electrons. The second-order valence-corrected chi connectivity index (χ2v) is 5.86. The highest BCUT2D eigenvalue weighted by Crippen LogP contribution is 2.25. The van der Waals surface area contributed by atoms with E-state index in [0.29, 0.717) is 0 Å². The molecule has 0 saturated carbocycles. The summed E-state index contributed by atoms with van der Waals surface area (Å²) in [4.78, 5) is 9.37. The first-order valence-electron chi connectivity index (χ1n) is 5.63. The maximum Gasteiger partial charge on any atom is 0.389 e. The molecule has 7 nitrogen and oxygen atoms in total. The van der Waals surface area contributed by atoms with Crippen molar-refractivity contribution in [2.24, 2.45) is 0 Å². The fourth-order valence-corrected chi connectivity index (χ4v) is 2.52. The number of nitro groups is 1. The number of nitro benzene ring substituents is 1. The number of nitrogen functional groups attached to an aromatic ring is 1. The lowest BCUT2D eigenvalue weighted by molar-refractivity contribution is -0.384. The molecule has 21 heavy (non-hydrogen) atoms. The van der Waals surface area contributed by atoms with Gasteiger partial charge in [-0.25, -0.2) is 13.1 Å². The number of nitrogens with two attached hydrogens (primary N) is 1. The van der Waals surface area contributed by atoms with Crippen LogP contribution in [0.5, 0.6) is 0 Å². The lowest BCUT2D eigenvalue weighted by Gasteiger charge is -2.08. The molecule has 1 rings (SSSR count). The van der Waals surface area contributed by atoms with Gasteiger partial charge >= 0.3 is 6.18 Å². The van der Waals surface area contributed by atoms with E-state index in [1.807, 2.05) is 4.72 Å². The fourth-order valence-electron chi connectivity index (χ4n) is 1.43. The molecule has 3 N–H and O–H groups in total. The minimum atomic E-state index is -4.37. The molecular weight excluding hydrogens is 315 g/mol. The second kappa shape index (κ2) is 6.26.